The first-order valence-corrected chi connectivity index (χ1v) is 6.79. The van der Waals surface area contributed by atoms with Gasteiger partial charge in [-0.25, -0.2) is 0 Å². The van der Waals surface area contributed by atoms with E-state index in [1.807, 2.05) is 0 Å². The molecule has 1 atom stereocenters. The summed E-state index contributed by atoms with van der Waals surface area (Å²) in [6.45, 7) is 7.69. The summed E-state index contributed by atoms with van der Waals surface area (Å²) in [6.07, 6.45) is 3.67. The lowest BCUT2D eigenvalue weighted by atomic mass is 10.1. The Bertz CT molecular complexity index is 205. The van der Waals surface area contributed by atoms with E-state index in [0.29, 0.717) is 19.0 Å². The molecule has 0 saturated heterocycles. The van der Waals surface area contributed by atoms with Crippen molar-refractivity contribution in [3.05, 3.63) is 0 Å². The normalized spacial score (nSPS) is 13.1. The Labute approximate surface area is 106 Å². The molecule has 1 amide bonds. The van der Waals surface area contributed by atoms with E-state index in [2.05, 4.69) is 38.0 Å². The number of hydrogen-bond acceptors (Lipinski definition) is 3. The highest BCUT2D eigenvalue weighted by Gasteiger charge is 2.21. The summed E-state index contributed by atoms with van der Waals surface area (Å²) in [4.78, 5) is 13.9. The topological polar surface area (TPSA) is 58.4 Å². The molecule has 3 N–H and O–H groups in total. The number of nitrogens with zero attached hydrogens (tertiary/aromatic N) is 1. The van der Waals surface area contributed by atoms with Gasteiger partial charge in [-0.05, 0) is 26.3 Å². The van der Waals surface area contributed by atoms with Gasteiger partial charge in [0.1, 0.15) is 0 Å². The zero-order valence-electron chi connectivity index (χ0n) is 11.8. The zero-order valence-corrected chi connectivity index (χ0v) is 11.8. The summed E-state index contributed by atoms with van der Waals surface area (Å²) >= 11 is 0. The molecule has 0 heterocycles. The van der Waals surface area contributed by atoms with Crippen molar-refractivity contribution < 1.29 is 4.79 Å². The zero-order chi connectivity index (χ0) is 13.3. The molecule has 0 spiro atoms. The number of amides is 1. The summed E-state index contributed by atoms with van der Waals surface area (Å²) in [7, 11) is 2.07. The number of rotatable bonds is 9. The van der Waals surface area contributed by atoms with Gasteiger partial charge in [-0.1, -0.05) is 20.8 Å². The fourth-order valence-electron chi connectivity index (χ4n) is 2.11. The number of hydrogen-bond donors (Lipinski definition) is 2. The molecule has 0 fully saturated rings. The minimum absolute atomic E-state index is 0.111. The van der Waals surface area contributed by atoms with Gasteiger partial charge in [0.15, 0.2) is 0 Å². The largest absolute Gasteiger partial charge is 0.356 e. The minimum atomic E-state index is 0.111. The van der Waals surface area contributed by atoms with Crippen LogP contribution < -0.4 is 11.1 Å². The molecule has 0 rings (SSSR count). The number of nitrogens with two attached hydrogens (primary N) is 1. The monoisotopic (exact) mass is 243 g/mol. The molecule has 0 aromatic carbocycles. The van der Waals surface area contributed by atoms with Crippen molar-refractivity contribution in [3.8, 4) is 0 Å². The molecule has 4 heteroatoms. The SMILES string of the molecule is CCCNC(=O)CC(CN)N(C)C(CC)CC. The van der Waals surface area contributed by atoms with Crippen molar-refractivity contribution in [1.82, 2.24) is 10.2 Å². The molecule has 0 bridgehead atoms. The van der Waals surface area contributed by atoms with Crippen molar-refractivity contribution in [2.24, 2.45) is 5.73 Å². The van der Waals surface area contributed by atoms with Crippen LogP contribution >= 0.6 is 0 Å². The summed E-state index contributed by atoms with van der Waals surface area (Å²) < 4.78 is 0. The van der Waals surface area contributed by atoms with Crippen molar-refractivity contribution >= 4 is 5.91 Å². The van der Waals surface area contributed by atoms with Gasteiger partial charge in [0.05, 0.1) is 0 Å². The van der Waals surface area contributed by atoms with Crippen LogP contribution in [0.1, 0.15) is 46.5 Å². The van der Waals surface area contributed by atoms with Crippen molar-refractivity contribution in [2.45, 2.75) is 58.5 Å². The van der Waals surface area contributed by atoms with E-state index in [0.717, 1.165) is 25.8 Å². The Morgan fingerprint density at radius 2 is 1.82 bits per heavy atom. The van der Waals surface area contributed by atoms with Gasteiger partial charge in [0.25, 0.3) is 0 Å². The van der Waals surface area contributed by atoms with E-state index in [1.54, 1.807) is 0 Å². The number of nitrogens with one attached hydrogen (secondary N) is 1. The van der Waals surface area contributed by atoms with Crippen molar-refractivity contribution in [1.29, 1.82) is 0 Å². The lowest BCUT2D eigenvalue weighted by Crippen LogP contribution is -2.46. The van der Waals surface area contributed by atoms with Crippen LogP contribution in [0, 0.1) is 0 Å². The standard InChI is InChI=1S/C13H29N3O/c1-5-8-15-13(17)9-12(10-14)16(4)11(6-2)7-3/h11-12H,5-10,14H2,1-4H3,(H,15,17). The number of carbonyl (C=O) groups excluding carboxylic acids is 1. The molecule has 17 heavy (non-hydrogen) atoms. The number of carbonyl (C=O) groups is 1. The Hall–Kier alpha value is -0.610. The van der Waals surface area contributed by atoms with E-state index in [4.69, 9.17) is 5.73 Å². The summed E-state index contributed by atoms with van der Waals surface area (Å²) in [5.74, 6) is 0.111. The molecular formula is C13H29N3O. The molecule has 102 valence electrons. The molecule has 0 saturated carbocycles. The van der Waals surface area contributed by atoms with Crippen LogP contribution in [0.4, 0.5) is 0 Å². The molecule has 0 aliphatic rings. The Morgan fingerprint density at radius 3 is 2.24 bits per heavy atom. The van der Waals surface area contributed by atoms with Crippen molar-refractivity contribution in [3.63, 3.8) is 0 Å². The van der Waals surface area contributed by atoms with Crippen LogP contribution in [0.15, 0.2) is 0 Å². The Balaban J connectivity index is 4.25. The average molecular weight is 243 g/mol. The molecule has 0 radical (unpaired) electrons. The first kappa shape index (κ1) is 16.4. The molecule has 0 aromatic rings. The predicted molar refractivity (Wildman–Crippen MR) is 72.9 cm³/mol. The molecular weight excluding hydrogens is 214 g/mol. The van der Waals surface area contributed by atoms with Gasteiger partial charge in [0.2, 0.25) is 5.91 Å². The third-order valence-electron chi connectivity index (χ3n) is 3.36. The second-order valence-electron chi connectivity index (χ2n) is 4.58. The second kappa shape index (κ2) is 9.42. The van der Waals surface area contributed by atoms with Crippen LogP contribution in [-0.2, 0) is 4.79 Å². The van der Waals surface area contributed by atoms with Gasteiger partial charge in [-0.15, -0.1) is 0 Å². The lowest BCUT2D eigenvalue weighted by molar-refractivity contribution is -0.122. The molecule has 0 aliphatic carbocycles. The average Bonchev–Trinajstić information content (AvgIpc) is 2.34. The maximum Gasteiger partial charge on any atom is 0.221 e. The summed E-state index contributed by atoms with van der Waals surface area (Å²) in [6, 6.07) is 0.666. The Morgan fingerprint density at radius 1 is 1.24 bits per heavy atom. The maximum atomic E-state index is 11.7. The summed E-state index contributed by atoms with van der Waals surface area (Å²) in [5, 5.41) is 2.91. The van der Waals surface area contributed by atoms with Gasteiger partial charge < -0.3 is 11.1 Å². The molecule has 0 aliphatic heterocycles. The second-order valence-corrected chi connectivity index (χ2v) is 4.58. The van der Waals surface area contributed by atoms with Crippen LogP contribution in [0.3, 0.4) is 0 Å². The molecule has 1 unspecified atom stereocenters. The smallest absolute Gasteiger partial charge is 0.221 e. The fourth-order valence-corrected chi connectivity index (χ4v) is 2.11. The first-order valence-electron chi connectivity index (χ1n) is 6.79. The summed E-state index contributed by atoms with van der Waals surface area (Å²) in [5.41, 5.74) is 5.78. The van der Waals surface area contributed by atoms with Crippen LogP contribution in [0.25, 0.3) is 0 Å². The van der Waals surface area contributed by atoms with E-state index in [-0.39, 0.29) is 11.9 Å². The minimum Gasteiger partial charge on any atom is -0.356 e. The highest BCUT2D eigenvalue weighted by molar-refractivity contribution is 5.76. The van der Waals surface area contributed by atoms with E-state index >= 15 is 0 Å². The van der Waals surface area contributed by atoms with E-state index in [9.17, 15) is 4.79 Å². The highest BCUT2D eigenvalue weighted by atomic mass is 16.1. The third kappa shape index (κ3) is 6.03. The van der Waals surface area contributed by atoms with Gasteiger partial charge in [-0.2, -0.15) is 0 Å². The molecule has 0 aromatic heterocycles. The van der Waals surface area contributed by atoms with E-state index < -0.39 is 0 Å². The first-order chi connectivity index (χ1) is 8.10. The van der Waals surface area contributed by atoms with Gasteiger partial charge in [-0.3, -0.25) is 9.69 Å². The Kier molecular flexibility index (Phi) is 9.09. The third-order valence-corrected chi connectivity index (χ3v) is 3.36. The fraction of sp³-hybridized carbons (Fsp3) is 0.923. The highest BCUT2D eigenvalue weighted by Crippen LogP contribution is 2.11. The lowest BCUT2D eigenvalue weighted by Gasteiger charge is -2.33. The quantitative estimate of drug-likeness (QED) is 0.643. The van der Waals surface area contributed by atoms with Crippen LogP contribution in [-0.4, -0.2) is 43.0 Å². The maximum absolute atomic E-state index is 11.7. The van der Waals surface area contributed by atoms with Crippen molar-refractivity contribution in [2.75, 3.05) is 20.1 Å². The number of likely N-dealkylation sites (N-methyl/N-ethyl adjacent to an activating group) is 1. The van der Waals surface area contributed by atoms with Gasteiger partial charge in [0, 0.05) is 31.6 Å². The van der Waals surface area contributed by atoms with Gasteiger partial charge >= 0.3 is 0 Å². The van der Waals surface area contributed by atoms with Crippen LogP contribution in [0.2, 0.25) is 0 Å². The van der Waals surface area contributed by atoms with E-state index in [1.165, 1.54) is 0 Å². The predicted octanol–water partition coefficient (Wildman–Crippen LogP) is 1.35. The van der Waals surface area contributed by atoms with Crippen LogP contribution in [0.5, 0.6) is 0 Å². The molecule has 4 nitrogen and oxygen atoms in total.